The number of carbonyl (C=O) groups excluding carboxylic acids is 2. The van der Waals surface area contributed by atoms with Gasteiger partial charge in [-0.05, 0) is 67.5 Å². The molecule has 1 saturated carbocycles. The van der Waals surface area contributed by atoms with Gasteiger partial charge in [-0.15, -0.1) is 0 Å². The van der Waals surface area contributed by atoms with Gasteiger partial charge < -0.3 is 4.43 Å². The summed E-state index contributed by atoms with van der Waals surface area (Å²) in [6, 6.07) is 0. The molecule has 3 aliphatic carbocycles. The molecule has 0 aromatic carbocycles. The van der Waals surface area contributed by atoms with E-state index >= 15 is 0 Å². The summed E-state index contributed by atoms with van der Waals surface area (Å²) < 4.78 is 6.70. The van der Waals surface area contributed by atoms with Gasteiger partial charge in [0.2, 0.25) is 8.32 Å². The summed E-state index contributed by atoms with van der Waals surface area (Å²) in [6.07, 6.45) is 5.28. The highest BCUT2D eigenvalue weighted by Gasteiger charge is 2.58. The average Bonchev–Trinajstić information content (AvgIpc) is 2.97. The smallest absolute Gasteiger partial charge is 0.250 e. The van der Waals surface area contributed by atoms with Crippen LogP contribution in [-0.4, -0.2) is 19.9 Å². The minimum Gasteiger partial charge on any atom is -0.547 e. The van der Waals surface area contributed by atoms with Crippen molar-refractivity contribution in [3.05, 3.63) is 23.0 Å². The van der Waals surface area contributed by atoms with Crippen LogP contribution >= 0.6 is 0 Å². The number of allylic oxidation sites excluding steroid dienone is 4. The number of hydrogen-bond acceptors (Lipinski definition) is 3. The van der Waals surface area contributed by atoms with Crippen LogP contribution in [0.5, 0.6) is 0 Å². The first kappa shape index (κ1) is 18.6. The van der Waals surface area contributed by atoms with Gasteiger partial charge in [-0.1, -0.05) is 27.7 Å². The Labute approximate surface area is 153 Å². The fourth-order valence-corrected chi connectivity index (χ4v) is 5.83. The standard InChI is InChI=1S/C21H32O3Si/c1-13-11-17(22)16-12-18(24-25(6,7)20(2,3)4)14-9-8-10-15(14)21(16,5)19(13)23/h11,15-16H,8-10,12H2,1-7H3/t15-,16-,21-/m1/s1. The maximum Gasteiger partial charge on any atom is 0.250 e. The van der Waals surface area contributed by atoms with Crippen LogP contribution < -0.4 is 0 Å². The van der Waals surface area contributed by atoms with Gasteiger partial charge in [0.1, 0.15) is 0 Å². The van der Waals surface area contributed by atoms with Gasteiger partial charge in [0.15, 0.2) is 11.6 Å². The van der Waals surface area contributed by atoms with Crippen molar-refractivity contribution in [2.24, 2.45) is 17.3 Å². The van der Waals surface area contributed by atoms with Gasteiger partial charge in [-0.25, -0.2) is 0 Å². The van der Waals surface area contributed by atoms with E-state index in [2.05, 4.69) is 33.9 Å². The highest BCUT2D eigenvalue weighted by atomic mass is 28.4. The van der Waals surface area contributed by atoms with Crippen molar-refractivity contribution >= 4 is 19.9 Å². The average molecular weight is 361 g/mol. The molecule has 3 aliphatic rings. The summed E-state index contributed by atoms with van der Waals surface area (Å²) in [5.41, 5.74) is 1.39. The third-order valence-corrected chi connectivity index (χ3v) is 11.7. The summed E-state index contributed by atoms with van der Waals surface area (Å²) in [5.74, 6) is 1.25. The molecule has 0 heterocycles. The van der Waals surface area contributed by atoms with Crippen LogP contribution in [0.15, 0.2) is 23.0 Å². The number of Topliss-reactive ketones (excluding diaryl/α,β-unsaturated/α-hetero) is 1. The van der Waals surface area contributed by atoms with Gasteiger partial charge >= 0.3 is 0 Å². The van der Waals surface area contributed by atoms with Crippen molar-refractivity contribution in [3.8, 4) is 0 Å². The second-order valence-electron chi connectivity index (χ2n) is 9.85. The molecule has 0 bridgehead atoms. The lowest BCUT2D eigenvalue weighted by atomic mass is 9.55. The molecule has 0 aromatic rings. The van der Waals surface area contributed by atoms with Crippen molar-refractivity contribution in [3.63, 3.8) is 0 Å². The first-order valence-corrected chi connectivity index (χ1v) is 12.5. The fourth-order valence-electron chi connectivity index (χ4n) is 4.70. The minimum atomic E-state index is -1.96. The van der Waals surface area contributed by atoms with Crippen LogP contribution in [0.3, 0.4) is 0 Å². The molecule has 0 spiro atoms. The zero-order valence-corrected chi connectivity index (χ0v) is 17.8. The summed E-state index contributed by atoms with van der Waals surface area (Å²) >= 11 is 0. The van der Waals surface area contributed by atoms with Gasteiger partial charge in [-0.2, -0.15) is 0 Å². The molecule has 0 saturated heterocycles. The number of carbonyl (C=O) groups is 2. The quantitative estimate of drug-likeness (QED) is 0.637. The van der Waals surface area contributed by atoms with Crippen LogP contribution in [0.4, 0.5) is 0 Å². The largest absolute Gasteiger partial charge is 0.547 e. The fraction of sp³-hybridized carbons (Fsp3) is 0.714. The Balaban J connectivity index is 2.05. The van der Waals surface area contributed by atoms with Crippen LogP contribution in [0.2, 0.25) is 18.1 Å². The topological polar surface area (TPSA) is 43.4 Å². The Morgan fingerprint density at radius 1 is 1.20 bits per heavy atom. The molecular weight excluding hydrogens is 328 g/mol. The van der Waals surface area contributed by atoms with E-state index in [0.29, 0.717) is 12.0 Å². The van der Waals surface area contributed by atoms with Crippen molar-refractivity contribution in [1.29, 1.82) is 0 Å². The molecule has 0 N–H and O–H groups in total. The first-order valence-electron chi connectivity index (χ1n) is 9.57. The molecule has 0 amide bonds. The van der Waals surface area contributed by atoms with E-state index in [1.54, 1.807) is 13.0 Å². The molecular formula is C21H32O3Si. The Morgan fingerprint density at radius 2 is 1.84 bits per heavy atom. The minimum absolute atomic E-state index is 0.113. The molecule has 3 atom stereocenters. The van der Waals surface area contributed by atoms with Crippen molar-refractivity contribution in [1.82, 2.24) is 0 Å². The Kier molecular flexibility index (Phi) is 4.22. The zero-order valence-electron chi connectivity index (χ0n) is 16.8. The maximum atomic E-state index is 13.0. The Bertz CT molecular complexity index is 692. The summed E-state index contributed by atoms with van der Waals surface area (Å²) in [5, 5.41) is 0.123. The van der Waals surface area contributed by atoms with E-state index in [-0.39, 0.29) is 28.4 Å². The van der Waals surface area contributed by atoms with E-state index in [4.69, 9.17) is 4.43 Å². The van der Waals surface area contributed by atoms with E-state index in [1.807, 2.05) is 6.92 Å². The van der Waals surface area contributed by atoms with Gasteiger partial charge in [-0.3, -0.25) is 9.59 Å². The third kappa shape index (κ3) is 2.68. The summed E-state index contributed by atoms with van der Waals surface area (Å²) in [4.78, 5) is 25.8. The molecule has 3 nitrogen and oxygen atoms in total. The van der Waals surface area contributed by atoms with Gasteiger partial charge in [0.05, 0.1) is 5.76 Å². The number of hydrogen-bond donors (Lipinski definition) is 0. The molecule has 0 aromatic heterocycles. The van der Waals surface area contributed by atoms with Gasteiger partial charge in [0, 0.05) is 17.8 Å². The van der Waals surface area contributed by atoms with E-state index in [0.717, 1.165) is 25.0 Å². The summed E-state index contributed by atoms with van der Waals surface area (Å²) in [6.45, 7) is 15.1. The van der Waals surface area contributed by atoms with E-state index in [1.165, 1.54) is 5.57 Å². The van der Waals surface area contributed by atoms with Crippen LogP contribution in [0.25, 0.3) is 0 Å². The molecule has 138 valence electrons. The maximum absolute atomic E-state index is 13.0. The van der Waals surface area contributed by atoms with Gasteiger partial charge in [0.25, 0.3) is 0 Å². The lowest BCUT2D eigenvalue weighted by Gasteiger charge is -2.48. The lowest BCUT2D eigenvalue weighted by molar-refractivity contribution is -0.140. The number of rotatable bonds is 2. The van der Waals surface area contributed by atoms with E-state index in [9.17, 15) is 9.59 Å². The third-order valence-electron chi connectivity index (χ3n) is 7.29. The molecule has 0 unspecified atom stereocenters. The first-order chi connectivity index (χ1) is 11.4. The Hall–Kier alpha value is -1.16. The summed E-state index contributed by atoms with van der Waals surface area (Å²) in [7, 11) is -1.96. The second kappa shape index (κ2) is 5.67. The highest BCUT2D eigenvalue weighted by molar-refractivity contribution is 6.74. The Morgan fingerprint density at radius 3 is 2.44 bits per heavy atom. The SMILES string of the molecule is CC1=CC(=O)[C@H]2CC(O[Si](C)(C)C(C)(C)C)=C3CCC[C@H]3[C@@]2(C)C1=O. The lowest BCUT2D eigenvalue weighted by Crippen LogP contribution is -2.52. The second-order valence-corrected chi connectivity index (χ2v) is 14.6. The number of fused-ring (bicyclic) bond motifs is 3. The monoisotopic (exact) mass is 360 g/mol. The molecule has 25 heavy (non-hydrogen) atoms. The molecule has 1 fully saturated rings. The highest BCUT2D eigenvalue weighted by Crippen LogP contribution is 2.58. The van der Waals surface area contributed by atoms with Crippen molar-refractivity contribution < 1.29 is 14.0 Å². The molecule has 0 aliphatic heterocycles. The van der Waals surface area contributed by atoms with E-state index < -0.39 is 13.7 Å². The molecule has 0 radical (unpaired) electrons. The zero-order chi connectivity index (χ0) is 18.8. The van der Waals surface area contributed by atoms with Crippen molar-refractivity contribution in [2.75, 3.05) is 0 Å². The normalized spacial score (nSPS) is 33.2. The number of ketones is 2. The predicted octanol–water partition coefficient (Wildman–Crippen LogP) is 5.19. The predicted molar refractivity (Wildman–Crippen MR) is 103 cm³/mol. The molecule has 4 heteroatoms. The van der Waals surface area contributed by atoms with Crippen LogP contribution in [0.1, 0.15) is 60.3 Å². The van der Waals surface area contributed by atoms with Crippen LogP contribution in [0, 0.1) is 17.3 Å². The van der Waals surface area contributed by atoms with Crippen molar-refractivity contribution in [2.45, 2.75) is 78.4 Å². The van der Waals surface area contributed by atoms with Crippen LogP contribution in [-0.2, 0) is 14.0 Å². The molecule has 3 rings (SSSR count).